The van der Waals surface area contributed by atoms with Crippen LogP contribution in [-0.4, -0.2) is 56.1 Å². The minimum atomic E-state index is -0.629. The number of likely N-dealkylation sites (N-methyl/N-ethyl adjacent to an activating group) is 1. The number of hydrogen-bond donors (Lipinski definition) is 1. The third-order valence-electron chi connectivity index (χ3n) is 5.70. The van der Waals surface area contributed by atoms with E-state index in [9.17, 15) is 0 Å². The molecule has 2 aromatic carbocycles. The highest BCUT2D eigenvalue weighted by Crippen LogP contribution is 2.48. The van der Waals surface area contributed by atoms with Gasteiger partial charge in [-0.3, -0.25) is 0 Å². The minimum Gasteiger partial charge on any atom is -0.373 e. The number of rotatable bonds is 10. The Bertz CT molecular complexity index is 908. The van der Waals surface area contributed by atoms with Gasteiger partial charge >= 0.3 is 0 Å². The van der Waals surface area contributed by atoms with Gasteiger partial charge in [0.2, 0.25) is 0 Å². The Morgan fingerprint density at radius 2 is 1.62 bits per heavy atom. The van der Waals surface area contributed by atoms with Crippen molar-refractivity contribution in [2.45, 2.75) is 68.2 Å². The van der Waals surface area contributed by atoms with Crippen LogP contribution in [0.3, 0.4) is 0 Å². The van der Waals surface area contributed by atoms with Crippen molar-refractivity contribution in [2.24, 2.45) is 5.73 Å². The second-order valence-electron chi connectivity index (χ2n) is 10.0. The van der Waals surface area contributed by atoms with E-state index in [0.717, 1.165) is 13.0 Å². The van der Waals surface area contributed by atoms with Crippen molar-refractivity contribution in [3.8, 4) is 0 Å². The summed E-state index contributed by atoms with van der Waals surface area (Å²) in [5.41, 5.74) is 8.81. The minimum absolute atomic E-state index is 0.285. The molecule has 32 heavy (non-hydrogen) atoms. The molecule has 1 heterocycles. The van der Waals surface area contributed by atoms with Gasteiger partial charge in [-0.15, -0.1) is 0 Å². The highest BCUT2D eigenvalue weighted by atomic mass is 32.2. The second kappa shape index (κ2) is 10.1. The van der Waals surface area contributed by atoms with Gasteiger partial charge in [-0.05, 0) is 78.5 Å². The van der Waals surface area contributed by atoms with E-state index in [1.54, 1.807) is 0 Å². The first-order valence-corrected chi connectivity index (χ1v) is 12.2. The maximum atomic E-state index is 6.13. The topological polar surface area (TPSA) is 51.0 Å². The molecule has 2 N–H and O–H groups in total. The van der Waals surface area contributed by atoms with E-state index < -0.39 is 5.72 Å². The van der Waals surface area contributed by atoms with E-state index in [0.29, 0.717) is 19.3 Å². The van der Waals surface area contributed by atoms with E-state index in [1.807, 2.05) is 25.6 Å². The predicted molar refractivity (Wildman–Crippen MR) is 135 cm³/mol. The lowest BCUT2D eigenvalue weighted by molar-refractivity contribution is -0.0818. The average Bonchev–Trinajstić information content (AvgIpc) is 2.69. The molecule has 1 unspecified atom stereocenters. The lowest BCUT2D eigenvalue weighted by Crippen LogP contribution is -2.37. The van der Waals surface area contributed by atoms with Crippen molar-refractivity contribution >= 4 is 23.1 Å². The molecule has 176 valence electrons. The second-order valence-corrected chi connectivity index (χ2v) is 11.1. The Morgan fingerprint density at radius 1 is 0.969 bits per heavy atom. The van der Waals surface area contributed by atoms with Crippen molar-refractivity contribution in [2.75, 3.05) is 38.8 Å². The van der Waals surface area contributed by atoms with Crippen LogP contribution >= 0.6 is 11.8 Å². The van der Waals surface area contributed by atoms with Crippen molar-refractivity contribution in [1.82, 2.24) is 4.90 Å². The zero-order valence-corrected chi connectivity index (χ0v) is 21.5. The van der Waals surface area contributed by atoms with E-state index in [1.165, 1.54) is 26.7 Å². The summed E-state index contributed by atoms with van der Waals surface area (Å²) in [5.74, 6) is 0. The van der Waals surface area contributed by atoms with E-state index in [4.69, 9.17) is 15.2 Å². The molecule has 0 aromatic heterocycles. The average molecular weight is 458 g/mol. The molecule has 1 atom stereocenters. The van der Waals surface area contributed by atoms with Crippen LogP contribution in [0, 0.1) is 0 Å². The monoisotopic (exact) mass is 457 g/mol. The molecule has 0 amide bonds. The van der Waals surface area contributed by atoms with Gasteiger partial charge in [0.1, 0.15) is 5.72 Å². The van der Waals surface area contributed by atoms with Gasteiger partial charge in [0, 0.05) is 28.8 Å². The summed E-state index contributed by atoms with van der Waals surface area (Å²) < 4.78 is 11.7. The first kappa shape index (κ1) is 25.1. The number of anilines is 2. The van der Waals surface area contributed by atoms with Gasteiger partial charge in [-0.2, -0.15) is 0 Å². The van der Waals surface area contributed by atoms with Crippen molar-refractivity contribution < 1.29 is 9.47 Å². The summed E-state index contributed by atoms with van der Waals surface area (Å²) in [6.07, 6.45) is 0.836. The molecule has 1 aliphatic heterocycles. The van der Waals surface area contributed by atoms with E-state index >= 15 is 0 Å². The molecule has 1 aliphatic rings. The molecular weight excluding hydrogens is 418 g/mol. The number of hydrogen-bond acceptors (Lipinski definition) is 6. The number of ether oxygens (including phenoxy) is 2. The Labute approximate surface area is 198 Å². The Hall–Kier alpha value is -1.57. The summed E-state index contributed by atoms with van der Waals surface area (Å²) >= 11 is 1.86. The Balaban J connectivity index is 1.75. The summed E-state index contributed by atoms with van der Waals surface area (Å²) in [6, 6.07) is 16.0. The van der Waals surface area contributed by atoms with E-state index in [2.05, 4.69) is 87.1 Å². The summed E-state index contributed by atoms with van der Waals surface area (Å²) in [7, 11) is 4.28. The van der Waals surface area contributed by atoms with Crippen LogP contribution < -0.4 is 10.6 Å². The van der Waals surface area contributed by atoms with Crippen LogP contribution in [0.1, 0.15) is 40.2 Å². The zero-order chi connectivity index (χ0) is 23.5. The van der Waals surface area contributed by atoms with Gasteiger partial charge in [0.25, 0.3) is 0 Å². The fourth-order valence-corrected chi connectivity index (χ4v) is 4.94. The first-order chi connectivity index (χ1) is 15.0. The molecule has 0 spiro atoms. The SMILES string of the molecule is CC(CN1c2ccccc2Sc2cc(CC(C)(C)OCCOC(C)(C)N)ccc21)N(C)C. The molecule has 2 aromatic rings. The lowest BCUT2D eigenvalue weighted by atomic mass is 9.98. The predicted octanol–water partition coefficient (Wildman–Crippen LogP) is 5.29. The highest BCUT2D eigenvalue weighted by Gasteiger charge is 2.26. The Morgan fingerprint density at radius 3 is 2.31 bits per heavy atom. The zero-order valence-electron chi connectivity index (χ0n) is 20.6. The summed E-state index contributed by atoms with van der Waals surface area (Å²) in [4.78, 5) is 7.34. The Kier molecular flexibility index (Phi) is 7.94. The van der Waals surface area contributed by atoms with Gasteiger partial charge in [-0.25, -0.2) is 0 Å². The largest absolute Gasteiger partial charge is 0.373 e. The molecule has 3 rings (SSSR count). The summed E-state index contributed by atoms with van der Waals surface area (Å²) in [6.45, 7) is 12.2. The van der Waals surface area contributed by atoms with Crippen molar-refractivity contribution in [1.29, 1.82) is 0 Å². The number of nitrogens with zero attached hydrogens (tertiary/aromatic N) is 2. The van der Waals surface area contributed by atoms with Crippen molar-refractivity contribution in [3.63, 3.8) is 0 Å². The first-order valence-electron chi connectivity index (χ1n) is 11.4. The van der Waals surface area contributed by atoms with Gasteiger partial charge in [0.05, 0.1) is 30.2 Å². The molecule has 0 aliphatic carbocycles. The molecule has 0 saturated heterocycles. The van der Waals surface area contributed by atoms with Gasteiger partial charge in [0.15, 0.2) is 0 Å². The van der Waals surface area contributed by atoms with Crippen molar-refractivity contribution in [3.05, 3.63) is 48.0 Å². The smallest absolute Gasteiger partial charge is 0.111 e. The fourth-order valence-electron chi connectivity index (χ4n) is 3.78. The van der Waals surface area contributed by atoms with Gasteiger partial charge < -0.3 is 25.0 Å². The number of para-hydroxylation sites is 1. The third kappa shape index (κ3) is 6.72. The lowest BCUT2D eigenvalue weighted by Gasteiger charge is -2.36. The number of benzene rings is 2. The van der Waals surface area contributed by atoms with Crippen LogP contribution in [-0.2, 0) is 15.9 Å². The summed E-state index contributed by atoms with van der Waals surface area (Å²) in [5, 5.41) is 0. The number of fused-ring (bicyclic) bond motifs is 2. The molecule has 0 radical (unpaired) electrons. The van der Waals surface area contributed by atoms with Crippen LogP contribution in [0.5, 0.6) is 0 Å². The molecule has 0 bridgehead atoms. The molecular formula is C26H39N3O2S. The highest BCUT2D eigenvalue weighted by molar-refractivity contribution is 7.99. The van der Waals surface area contributed by atoms with Crippen LogP contribution in [0.4, 0.5) is 11.4 Å². The maximum Gasteiger partial charge on any atom is 0.111 e. The van der Waals surface area contributed by atoms with E-state index in [-0.39, 0.29) is 5.60 Å². The van der Waals surface area contributed by atoms with Gasteiger partial charge in [-0.1, -0.05) is 30.0 Å². The quantitative estimate of drug-likeness (QED) is 0.386. The van der Waals surface area contributed by atoms with Crippen LogP contribution in [0.2, 0.25) is 0 Å². The normalized spacial score (nSPS) is 15.0. The molecule has 0 fully saturated rings. The third-order valence-corrected chi connectivity index (χ3v) is 6.81. The van der Waals surface area contributed by atoms with Crippen LogP contribution in [0.25, 0.3) is 0 Å². The maximum absolute atomic E-state index is 6.13. The molecule has 0 saturated carbocycles. The molecule has 6 heteroatoms. The standard InChI is InChI=1S/C26H39N3O2S/c1-19(28(6)7)18-29-21-10-8-9-11-23(21)32-24-16-20(12-13-22(24)29)17-25(2,3)30-14-15-31-26(4,5)27/h8-13,16,19H,14-15,17-18,27H2,1-7H3. The van der Waals surface area contributed by atoms with Crippen LogP contribution in [0.15, 0.2) is 52.3 Å². The fraction of sp³-hybridized carbons (Fsp3) is 0.538. The molecule has 5 nitrogen and oxygen atoms in total. The number of nitrogens with two attached hydrogens (primary N) is 1.